The first-order valence-corrected chi connectivity index (χ1v) is 5.38. The molecule has 0 aliphatic rings. The van der Waals surface area contributed by atoms with E-state index in [1.54, 1.807) is 7.11 Å². The fourth-order valence-electron chi connectivity index (χ4n) is 0.492. The van der Waals surface area contributed by atoms with Gasteiger partial charge >= 0.3 is 0 Å². The van der Waals surface area contributed by atoms with E-state index in [-0.39, 0.29) is 10.8 Å². The molecule has 0 rings (SSSR count). The van der Waals surface area contributed by atoms with Crippen LogP contribution in [0.15, 0.2) is 0 Å². The second-order valence-corrected chi connectivity index (χ2v) is 4.51. The van der Waals surface area contributed by atoms with Gasteiger partial charge in [0.25, 0.3) is 0 Å². The van der Waals surface area contributed by atoms with Crippen molar-refractivity contribution in [2.24, 2.45) is 0 Å². The van der Waals surface area contributed by atoms with Crippen LogP contribution in [0, 0.1) is 0 Å². The Morgan fingerprint density at radius 2 is 1.80 bits per heavy atom. The van der Waals surface area contributed by atoms with Crippen molar-refractivity contribution in [3.8, 4) is 0 Å². The van der Waals surface area contributed by atoms with Crippen molar-refractivity contribution in [3.63, 3.8) is 0 Å². The van der Waals surface area contributed by atoms with Crippen LogP contribution in [0.2, 0.25) is 0 Å². The monoisotopic (exact) mass is 236 g/mol. The predicted octanol–water partition coefficient (Wildman–Crippen LogP) is 2.94. The highest BCUT2D eigenvalue weighted by molar-refractivity contribution is 6.63. The molecule has 0 bridgehead atoms. The molecule has 0 aliphatic heterocycles. The van der Waals surface area contributed by atoms with Crippen LogP contribution in [0.5, 0.6) is 0 Å². The average molecular weight is 237 g/mol. The molecule has 3 nitrogen and oxygen atoms in total. The Labute approximate surface area is 97.1 Å². The lowest BCUT2D eigenvalue weighted by Crippen LogP contribution is -2.15. The summed E-state index contributed by atoms with van der Waals surface area (Å²) in [5.74, 6) is 0. The molecule has 0 aliphatic carbocycles. The summed E-state index contributed by atoms with van der Waals surface area (Å²) in [5.41, 5.74) is 0.0417. The molecule has 0 spiro atoms. The van der Waals surface area contributed by atoms with Gasteiger partial charge in [0.15, 0.2) is 0 Å². The third-order valence-corrected chi connectivity index (χ3v) is 1.75. The minimum absolute atomic E-state index is 0.0417. The maximum absolute atomic E-state index is 10.1. The van der Waals surface area contributed by atoms with E-state index in [0.29, 0.717) is 12.8 Å². The number of rotatable bonds is 5. The zero-order valence-electron chi connectivity index (χ0n) is 10.0. The van der Waals surface area contributed by atoms with Crippen LogP contribution in [0.1, 0.15) is 46.5 Å². The van der Waals surface area contributed by atoms with Gasteiger partial charge in [-0.3, -0.25) is 4.79 Å². The van der Waals surface area contributed by atoms with Crippen molar-refractivity contribution >= 4 is 23.1 Å². The quantitative estimate of drug-likeness (QED) is 0.419. The fraction of sp³-hybridized carbons (Fsp3) is 0.818. The molecule has 0 atom stereocenters. The first-order chi connectivity index (χ1) is 6.83. The van der Waals surface area contributed by atoms with Crippen molar-refractivity contribution in [2.45, 2.75) is 52.1 Å². The Hall–Kier alpha value is -0.410. The van der Waals surface area contributed by atoms with Gasteiger partial charge in [-0.05, 0) is 45.2 Å². The van der Waals surface area contributed by atoms with Crippen molar-refractivity contribution in [3.05, 3.63) is 0 Å². The highest BCUT2D eigenvalue weighted by atomic mass is 35.5. The molecule has 0 aromatic carbocycles. The molecule has 0 unspecified atom stereocenters. The molecule has 0 radical (unpaired) electrons. The van der Waals surface area contributed by atoms with Gasteiger partial charge in [0, 0.05) is 20.0 Å². The van der Waals surface area contributed by atoms with Gasteiger partial charge in [-0.2, -0.15) is 0 Å². The predicted molar refractivity (Wildman–Crippen MR) is 62.2 cm³/mol. The largest absolute Gasteiger partial charge is 0.379 e. The minimum Gasteiger partial charge on any atom is -0.379 e. The number of methoxy groups -OCH3 is 1. The number of hydrogen-bond donors (Lipinski definition) is 0. The molecular weight excluding hydrogens is 216 g/mol. The van der Waals surface area contributed by atoms with Crippen molar-refractivity contribution < 1.29 is 14.3 Å². The average Bonchev–Trinajstić information content (AvgIpc) is 2.12. The molecule has 0 saturated heterocycles. The molecule has 0 heterocycles. The highest BCUT2D eigenvalue weighted by Crippen LogP contribution is 2.02. The second-order valence-electron chi connectivity index (χ2n) is 4.08. The van der Waals surface area contributed by atoms with Gasteiger partial charge < -0.3 is 9.53 Å². The lowest BCUT2D eigenvalue weighted by atomic mass is 10.2. The molecule has 0 aromatic heterocycles. The van der Waals surface area contributed by atoms with Gasteiger partial charge in [0.1, 0.15) is 6.29 Å². The van der Waals surface area contributed by atoms with Crippen LogP contribution >= 0.6 is 11.6 Å². The Bertz CT molecular complexity index is 173. The van der Waals surface area contributed by atoms with E-state index < -0.39 is 0 Å². The summed E-state index contributed by atoms with van der Waals surface area (Å²) in [6.45, 7) is 6.06. The van der Waals surface area contributed by atoms with Gasteiger partial charge in [-0.1, -0.05) is 0 Å². The SMILES string of the molecule is COC(C)(C)C.O=CCCCCC(=O)Cl. The number of aldehydes is 1. The number of carbonyl (C=O) groups is 2. The van der Waals surface area contributed by atoms with Crippen LogP contribution in [0.4, 0.5) is 0 Å². The lowest BCUT2D eigenvalue weighted by Gasteiger charge is -2.14. The smallest absolute Gasteiger partial charge is 0.221 e. The van der Waals surface area contributed by atoms with E-state index in [2.05, 4.69) is 0 Å². The number of hydrogen-bond acceptors (Lipinski definition) is 3. The zero-order valence-corrected chi connectivity index (χ0v) is 10.8. The number of carbonyl (C=O) groups excluding carboxylic acids is 2. The molecule has 4 heteroatoms. The summed E-state index contributed by atoms with van der Waals surface area (Å²) in [5, 5.41) is -0.319. The third kappa shape index (κ3) is 24.7. The lowest BCUT2D eigenvalue weighted by molar-refractivity contribution is -0.112. The van der Waals surface area contributed by atoms with E-state index in [1.165, 1.54) is 0 Å². The van der Waals surface area contributed by atoms with Crippen LogP contribution in [0.3, 0.4) is 0 Å². The summed E-state index contributed by atoms with van der Waals surface area (Å²) >= 11 is 5.03. The number of halogens is 1. The normalized spacial score (nSPS) is 10.2. The molecule has 90 valence electrons. The molecule has 15 heavy (non-hydrogen) atoms. The van der Waals surface area contributed by atoms with Crippen molar-refractivity contribution in [1.82, 2.24) is 0 Å². The highest BCUT2D eigenvalue weighted by Gasteiger charge is 2.04. The fourth-order valence-corrected chi connectivity index (χ4v) is 0.625. The van der Waals surface area contributed by atoms with E-state index in [9.17, 15) is 9.59 Å². The number of unbranched alkanes of at least 4 members (excludes halogenated alkanes) is 2. The Balaban J connectivity index is 0. The van der Waals surface area contributed by atoms with Crippen LogP contribution in [-0.4, -0.2) is 24.2 Å². The van der Waals surface area contributed by atoms with E-state index in [0.717, 1.165) is 19.1 Å². The Kier molecular flexibility index (Phi) is 11.5. The van der Waals surface area contributed by atoms with E-state index in [1.807, 2.05) is 20.8 Å². The minimum atomic E-state index is -0.319. The molecule has 0 aromatic rings. The van der Waals surface area contributed by atoms with Gasteiger partial charge in [0.2, 0.25) is 5.24 Å². The molecule has 0 fully saturated rings. The Morgan fingerprint density at radius 1 is 1.33 bits per heavy atom. The molecular formula is C11H21ClO3. The van der Waals surface area contributed by atoms with Crippen molar-refractivity contribution in [1.29, 1.82) is 0 Å². The van der Waals surface area contributed by atoms with Crippen molar-refractivity contribution in [2.75, 3.05) is 7.11 Å². The molecule has 0 N–H and O–H groups in total. The van der Waals surface area contributed by atoms with Crippen LogP contribution in [-0.2, 0) is 14.3 Å². The second kappa shape index (κ2) is 10.1. The van der Waals surface area contributed by atoms with E-state index >= 15 is 0 Å². The van der Waals surface area contributed by atoms with Crippen LogP contribution in [0.25, 0.3) is 0 Å². The topological polar surface area (TPSA) is 43.4 Å². The maximum atomic E-state index is 10.1. The number of ether oxygens (including phenoxy) is 1. The van der Waals surface area contributed by atoms with Gasteiger partial charge in [-0.15, -0.1) is 0 Å². The summed E-state index contributed by atoms with van der Waals surface area (Å²) in [6.07, 6.45) is 3.25. The first kappa shape index (κ1) is 17.0. The molecule has 0 amide bonds. The van der Waals surface area contributed by atoms with Gasteiger partial charge in [-0.25, -0.2) is 0 Å². The standard InChI is InChI=1S/C6H9ClO2.C5H12O/c7-6(9)4-2-1-3-5-8;1-5(2,3)6-4/h5H,1-4H2;1-4H3. The van der Waals surface area contributed by atoms with Gasteiger partial charge in [0.05, 0.1) is 5.60 Å². The first-order valence-electron chi connectivity index (χ1n) is 5.00. The maximum Gasteiger partial charge on any atom is 0.221 e. The third-order valence-electron chi connectivity index (χ3n) is 1.56. The molecule has 0 saturated carbocycles. The zero-order chi connectivity index (χ0) is 12.3. The summed E-state index contributed by atoms with van der Waals surface area (Å²) < 4.78 is 4.94. The van der Waals surface area contributed by atoms with E-state index in [4.69, 9.17) is 16.3 Å². The summed E-state index contributed by atoms with van der Waals surface area (Å²) in [4.78, 5) is 19.8. The van der Waals surface area contributed by atoms with Crippen LogP contribution < -0.4 is 0 Å². The summed E-state index contributed by atoms with van der Waals surface area (Å²) in [7, 11) is 1.71. The summed E-state index contributed by atoms with van der Waals surface area (Å²) in [6, 6.07) is 0. The Morgan fingerprint density at radius 3 is 2.07 bits per heavy atom.